The molecule has 0 radical (unpaired) electrons. The molecule has 0 bridgehead atoms. The van der Waals surface area contributed by atoms with Crippen molar-refractivity contribution >= 4 is 28.0 Å². The number of hydrogen-bond donors (Lipinski definition) is 1. The zero-order chi connectivity index (χ0) is 22.4. The van der Waals surface area contributed by atoms with E-state index in [1.807, 2.05) is 52.2 Å². The summed E-state index contributed by atoms with van der Waals surface area (Å²) < 4.78 is 7.15. The number of hydrogen-bond acceptors (Lipinski definition) is 4. The number of carbonyl (C=O) groups is 1. The van der Waals surface area contributed by atoms with Crippen LogP contribution in [0.4, 0.5) is 0 Å². The molecular formula is C24H31N5O2. The van der Waals surface area contributed by atoms with Gasteiger partial charge in [-0.05, 0) is 37.1 Å². The van der Waals surface area contributed by atoms with Gasteiger partial charge in [-0.15, -0.1) is 0 Å². The van der Waals surface area contributed by atoms with Crippen molar-refractivity contribution < 1.29 is 9.53 Å². The minimum Gasteiger partial charge on any atom is -0.385 e. The molecule has 31 heavy (non-hydrogen) atoms. The van der Waals surface area contributed by atoms with Gasteiger partial charge >= 0.3 is 0 Å². The Morgan fingerprint density at radius 3 is 2.68 bits per heavy atom. The number of amides is 1. The summed E-state index contributed by atoms with van der Waals surface area (Å²) in [6, 6.07) is 7.87. The summed E-state index contributed by atoms with van der Waals surface area (Å²) >= 11 is 0. The molecule has 0 unspecified atom stereocenters. The van der Waals surface area contributed by atoms with Crippen LogP contribution >= 0.6 is 0 Å². The van der Waals surface area contributed by atoms with E-state index in [4.69, 9.17) is 4.74 Å². The Balaban J connectivity index is 0.00000132. The van der Waals surface area contributed by atoms with Gasteiger partial charge in [-0.25, -0.2) is 4.98 Å². The van der Waals surface area contributed by atoms with E-state index >= 15 is 0 Å². The molecule has 164 valence electrons. The molecule has 0 aliphatic carbocycles. The number of aromatic nitrogens is 4. The van der Waals surface area contributed by atoms with Gasteiger partial charge in [0.2, 0.25) is 0 Å². The molecule has 3 aromatic heterocycles. The topological polar surface area (TPSA) is 76.0 Å². The highest BCUT2D eigenvalue weighted by molar-refractivity contribution is 6.03. The normalized spacial score (nSPS) is 10.9. The number of ether oxygens (including phenoxy) is 1. The minimum atomic E-state index is 0.0269. The van der Waals surface area contributed by atoms with Crippen molar-refractivity contribution in [3.05, 3.63) is 48.4 Å². The summed E-state index contributed by atoms with van der Waals surface area (Å²) in [6.07, 6.45) is 7.29. The van der Waals surface area contributed by atoms with Gasteiger partial charge in [0, 0.05) is 75.0 Å². The van der Waals surface area contributed by atoms with Crippen LogP contribution in [0.5, 0.6) is 0 Å². The molecule has 7 heteroatoms. The second kappa shape index (κ2) is 10.2. The fourth-order valence-electron chi connectivity index (χ4n) is 3.65. The number of aryl methyl sites for hydroxylation is 1. The van der Waals surface area contributed by atoms with Crippen LogP contribution < -0.4 is 0 Å². The summed E-state index contributed by atoms with van der Waals surface area (Å²) in [4.78, 5) is 26.7. The van der Waals surface area contributed by atoms with Crippen LogP contribution in [0.15, 0.2) is 42.9 Å². The van der Waals surface area contributed by atoms with E-state index < -0.39 is 0 Å². The van der Waals surface area contributed by atoms with Crippen molar-refractivity contribution in [2.24, 2.45) is 7.05 Å². The summed E-state index contributed by atoms with van der Waals surface area (Å²) in [6.45, 7) is 5.43. The van der Waals surface area contributed by atoms with Crippen LogP contribution in [-0.2, 0) is 11.8 Å². The van der Waals surface area contributed by atoms with E-state index in [2.05, 4.69) is 25.7 Å². The zero-order valence-corrected chi connectivity index (χ0v) is 19.0. The quantitative estimate of drug-likeness (QED) is 0.441. The number of nitrogens with one attached hydrogen (secondary N) is 1. The van der Waals surface area contributed by atoms with Gasteiger partial charge in [0.1, 0.15) is 5.52 Å². The monoisotopic (exact) mass is 421 g/mol. The Labute approximate surface area is 183 Å². The molecule has 0 spiro atoms. The molecular weight excluding hydrogens is 390 g/mol. The number of unbranched alkanes of at least 4 members (excludes halogenated alkanes) is 1. The van der Waals surface area contributed by atoms with Gasteiger partial charge in [0.15, 0.2) is 5.65 Å². The van der Waals surface area contributed by atoms with E-state index in [0.29, 0.717) is 12.1 Å². The third-order valence-electron chi connectivity index (χ3n) is 5.23. The Kier molecular flexibility index (Phi) is 7.41. The second-order valence-electron chi connectivity index (χ2n) is 7.29. The molecule has 0 atom stereocenters. The molecule has 3 heterocycles. The second-order valence-corrected chi connectivity index (χ2v) is 7.29. The highest BCUT2D eigenvalue weighted by Crippen LogP contribution is 2.32. The molecule has 0 saturated heterocycles. The summed E-state index contributed by atoms with van der Waals surface area (Å²) in [5.41, 5.74) is 5.30. The Hall–Kier alpha value is -3.19. The number of carbonyl (C=O) groups excluding carboxylic acids is 1. The SMILES string of the molecule is CC.COCCCCN(C)C(=O)c1ccc2c(c1)c(-c1cc3nccnc3[nH]1)cn2C. The predicted molar refractivity (Wildman–Crippen MR) is 125 cm³/mol. The molecule has 0 aliphatic heterocycles. The Morgan fingerprint density at radius 2 is 1.94 bits per heavy atom. The van der Waals surface area contributed by atoms with E-state index in [1.54, 1.807) is 24.4 Å². The van der Waals surface area contributed by atoms with Crippen LogP contribution in [0, 0.1) is 0 Å². The van der Waals surface area contributed by atoms with Gasteiger partial charge in [0.25, 0.3) is 5.91 Å². The number of aromatic amines is 1. The van der Waals surface area contributed by atoms with Crippen LogP contribution in [0.2, 0.25) is 0 Å². The molecule has 1 amide bonds. The predicted octanol–water partition coefficient (Wildman–Crippen LogP) is 4.64. The lowest BCUT2D eigenvalue weighted by Crippen LogP contribution is -2.27. The average Bonchev–Trinajstić information content (AvgIpc) is 3.38. The van der Waals surface area contributed by atoms with Crippen molar-refractivity contribution in [2.45, 2.75) is 26.7 Å². The van der Waals surface area contributed by atoms with Gasteiger partial charge in [-0.1, -0.05) is 13.8 Å². The average molecular weight is 422 g/mol. The number of fused-ring (bicyclic) bond motifs is 2. The van der Waals surface area contributed by atoms with Crippen LogP contribution in [0.1, 0.15) is 37.0 Å². The van der Waals surface area contributed by atoms with Crippen molar-refractivity contribution in [3.8, 4) is 11.3 Å². The summed E-state index contributed by atoms with van der Waals surface area (Å²) in [5.74, 6) is 0.0269. The maximum absolute atomic E-state index is 12.9. The van der Waals surface area contributed by atoms with Crippen LogP contribution in [-0.4, -0.2) is 57.6 Å². The highest BCUT2D eigenvalue weighted by atomic mass is 16.5. The Bertz CT molecular complexity index is 1130. The maximum atomic E-state index is 12.9. The van der Waals surface area contributed by atoms with Gasteiger partial charge < -0.3 is 19.2 Å². The van der Waals surface area contributed by atoms with Gasteiger partial charge in [-0.2, -0.15) is 0 Å². The first-order chi connectivity index (χ1) is 15.1. The first kappa shape index (κ1) is 22.5. The van der Waals surface area contributed by atoms with E-state index in [0.717, 1.165) is 52.8 Å². The lowest BCUT2D eigenvalue weighted by molar-refractivity contribution is 0.0788. The number of methoxy groups -OCH3 is 1. The Morgan fingerprint density at radius 1 is 1.16 bits per heavy atom. The maximum Gasteiger partial charge on any atom is 0.253 e. The number of H-pyrrole nitrogens is 1. The largest absolute Gasteiger partial charge is 0.385 e. The van der Waals surface area contributed by atoms with Gasteiger partial charge in [-0.3, -0.25) is 9.78 Å². The van der Waals surface area contributed by atoms with E-state index in [-0.39, 0.29) is 5.91 Å². The first-order valence-electron chi connectivity index (χ1n) is 10.7. The number of nitrogens with zero attached hydrogens (tertiary/aromatic N) is 4. The van der Waals surface area contributed by atoms with Crippen molar-refractivity contribution in [3.63, 3.8) is 0 Å². The molecule has 7 nitrogen and oxygen atoms in total. The van der Waals surface area contributed by atoms with Crippen molar-refractivity contribution in [1.82, 2.24) is 24.4 Å². The molecule has 4 rings (SSSR count). The molecule has 1 N–H and O–H groups in total. The summed E-state index contributed by atoms with van der Waals surface area (Å²) in [5, 5.41) is 1.03. The number of rotatable bonds is 7. The zero-order valence-electron chi connectivity index (χ0n) is 19.0. The van der Waals surface area contributed by atoms with Crippen LogP contribution in [0.25, 0.3) is 33.3 Å². The summed E-state index contributed by atoms with van der Waals surface area (Å²) in [7, 11) is 5.55. The van der Waals surface area contributed by atoms with Crippen molar-refractivity contribution in [1.29, 1.82) is 0 Å². The fraction of sp³-hybridized carbons (Fsp3) is 0.375. The lowest BCUT2D eigenvalue weighted by Gasteiger charge is -2.17. The molecule has 0 aliphatic rings. The smallest absolute Gasteiger partial charge is 0.253 e. The standard InChI is InChI=1S/C22H25N5O2.C2H6/c1-26(10-4-5-11-29-3)22(28)15-6-7-20-16(12-15)17(14-27(20)2)18-13-19-21(25-18)24-9-8-23-19;1-2/h6-9,12-14H,4-5,10-11H2,1-3H3,(H,24,25);1-2H3. The third-order valence-corrected chi connectivity index (χ3v) is 5.23. The van der Waals surface area contributed by atoms with E-state index in [9.17, 15) is 4.79 Å². The third kappa shape index (κ3) is 4.77. The van der Waals surface area contributed by atoms with Crippen LogP contribution in [0.3, 0.4) is 0 Å². The first-order valence-corrected chi connectivity index (χ1v) is 10.7. The van der Waals surface area contributed by atoms with Crippen molar-refractivity contribution in [2.75, 3.05) is 27.3 Å². The lowest BCUT2D eigenvalue weighted by atomic mass is 10.1. The molecule has 1 aromatic carbocycles. The van der Waals surface area contributed by atoms with E-state index in [1.165, 1.54) is 0 Å². The molecule has 0 saturated carbocycles. The molecule has 0 fully saturated rings. The minimum absolute atomic E-state index is 0.0269. The fourth-order valence-corrected chi connectivity index (χ4v) is 3.65. The highest BCUT2D eigenvalue weighted by Gasteiger charge is 2.16. The molecule has 4 aromatic rings. The van der Waals surface area contributed by atoms with Gasteiger partial charge in [0.05, 0.1) is 5.69 Å². The number of benzene rings is 1.